The van der Waals surface area contributed by atoms with E-state index in [0.29, 0.717) is 12.0 Å². The first-order valence-electron chi connectivity index (χ1n) is 7.70. The zero-order valence-corrected chi connectivity index (χ0v) is 12.7. The summed E-state index contributed by atoms with van der Waals surface area (Å²) in [5.41, 5.74) is 9.23. The highest BCUT2D eigenvalue weighted by molar-refractivity contribution is 5.96. The fourth-order valence-electron chi connectivity index (χ4n) is 4.50. The number of carbonyl (C=O) groups excluding carboxylic acids is 1. The topological polar surface area (TPSA) is 80.4 Å². The Bertz CT molecular complexity index is 857. The molecule has 0 aliphatic heterocycles. The van der Waals surface area contributed by atoms with Crippen molar-refractivity contribution >= 4 is 11.9 Å². The van der Waals surface area contributed by atoms with Crippen molar-refractivity contribution in [3.63, 3.8) is 0 Å². The summed E-state index contributed by atoms with van der Waals surface area (Å²) < 4.78 is 0. The van der Waals surface area contributed by atoms with Crippen LogP contribution < -0.4 is 5.73 Å². The molecule has 23 heavy (non-hydrogen) atoms. The summed E-state index contributed by atoms with van der Waals surface area (Å²) in [7, 11) is 0. The van der Waals surface area contributed by atoms with Gasteiger partial charge in [0.25, 0.3) is 0 Å². The number of nitrogens with two attached hydrogens (primary N) is 1. The van der Waals surface area contributed by atoms with Crippen molar-refractivity contribution in [2.45, 2.75) is 25.2 Å². The average molecular weight is 307 g/mol. The van der Waals surface area contributed by atoms with Crippen LogP contribution >= 0.6 is 0 Å². The number of primary amides is 1. The van der Waals surface area contributed by atoms with Crippen LogP contribution in [0.25, 0.3) is 0 Å². The first-order chi connectivity index (χ1) is 10.9. The Labute approximate surface area is 133 Å². The number of carboxylic acids is 1. The molecule has 0 spiro atoms. The fraction of sp³-hybridized carbons (Fsp3) is 0.263. The Morgan fingerprint density at radius 1 is 1.09 bits per heavy atom. The van der Waals surface area contributed by atoms with Crippen LogP contribution in [0.3, 0.4) is 0 Å². The second-order valence-corrected chi connectivity index (χ2v) is 6.71. The van der Waals surface area contributed by atoms with E-state index in [4.69, 9.17) is 5.73 Å². The maximum absolute atomic E-state index is 12.0. The number of hydrogen-bond donors (Lipinski definition) is 2. The molecule has 0 saturated carbocycles. The zero-order chi connectivity index (χ0) is 16.4. The highest BCUT2D eigenvalue weighted by Crippen LogP contribution is 2.61. The molecule has 2 aromatic carbocycles. The number of hydrogen-bond acceptors (Lipinski definition) is 2. The highest BCUT2D eigenvalue weighted by Gasteiger charge is 2.54. The number of fused-ring (bicyclic) bond motifs is 1. The summed E-state index contributed by atoms with van der Waals surface area (Å²) in [5.74, 6) is -1.60. The van der Waals surface area contributed by atoms with E-state index in [-0.39, 0.29) is 11.8 Å². The fourth-order valence-corrected chi connectivity index (χ4v) is 4.50. The van der Waals surface area contributed by atoms with Gasteiger partial charge in [-0.15, -0.1) is 0 Å². The third-order valence-electron chi connectivity index (χ3n) is 5.50. The number of carboxylic acid groups (broad SMARTS) is 1. The Hall–Kier alpha value is -2.62. The van der Waals surface area contributed by atoms with Gasteiger partial charge >= 0.3 is 5.97 Å². The number of rotatable bonds is 2. The smallest absolute Gasteiger partial charge is 0.310 e. The summed E-state index contributed by atoms with van der Waals surface area (Å²) in [4.78, 5) is 23.9. The van der Waals surface area contributed by atoms with Crippen LogP contribution in [0.1, 0.15) is 57.8 Å². The van der Waals surface area contributed by atoms with Crippen LogP contribution in [-0.2, 0) is 4.79 Å². The summed E-state index contributed by atoms with van der Waals surface area (Å²) in [6, 6.07) is 13.4. The maximum Gasteiger partial charge on any atom is 0.310 e. The van der Waals surface area contributed by atoms with Gasteiger partial charge in [0.2, 0.25) is 5.91 Å². The lowest BCUT2D eigenvalue weighted by Crippen LogP contribution is -2.45. The molecule has 5 rings (SSSR count). The minimum Gasteiger partial charge on any atom is -0.481 e. The third-order valence-corrected chi connectivity index (χ3v) is 5.50. The molecule has 0 aromatic heterocycles. The van der Waals surface area contributed by atoms with E-state index in [9.17, 15) is 14.7 Å². The van der Waals surface area contributed by atoms with Gasteiger partial charge in [-0.3, -0.25) is 9.59 Å². The number of benzene rings is 2. The molecule has 4 heteroatoms. The summed E-state index contributed by atoms with van der Waals surface area (Å²) >= 11 is 0. The van der Waals surface area contributed by atoms with E-state index in [1.807, 2.05) is 37.3 Å². The van der Waals surface area contributed by atoms with Crippen LogP contribution in [0.15, 0.2) is 42.5 Å². The molecular formula is C19H17NO3. The quantitative estimate of drug-likeness (QED) is 0.895. The molecule has 3 aliphatic rings. The van der Waals surface area contributed by atoms with E-state index in [0.717, 1.165) is 22.3 Å². The molecule has 4 nitrogen and oxygen atoms in total. The van der Waals surface area contributed by atoms with Gasteiger partial charge in [0.05, 0.1) is 5.41 Å². The highest BCUT2D eigenvalue weighted by atomic mass is 16.4. The van der Waals surface area contributed by atoms with Gasteiger partial charge in [-0.1, -0.05) is 36.4 Å². The van der Waals surface area contributed by atoms with Crippen molar-refractivity contribution in [1.82, 2.24) is 0 Å². The van der Waals surface area contributed by atoms with Gasteiger partial charge in [-0.25, -0.2) is 0 Å². The van der Waals surface area contributed by atoms with Crippen molar-refractivity contribution in [3.8, 4) is 0 Å². The predicted molar refractivity (Wildman–Crippen MR) is 85.4 cm³/mol. The normalized spacial score (nSPS) is 27.2. The lowest BCUT2D eigenvalue weighted by atomic mass is 9.52. The van der Waals surface area contributed by atoms with Crippen LogP contribution in [-0.4, -0.2) is 17.0 Å². The summed E-state index contributed by atoms with van der Waals surface area (Å²) in [6.07, 6.45) is 0.487. The van der Waals surface area contributed by atoms with Gasteiger partial charge in [0.1, 0.15) is 0 Å². The molecule has 3 unspecified atom stereocenters. The second-order valence-electron chi connectivity index (χ2n) is 6.71. The number of carbonyl (C=O) groups is 2. The molecule has 116 valence electrons. The Kier molecular flexibility index (Phi) is 2.71. The monoisotopic (exact) mass is 307 g/mol. The number of aliphatic carboxylic acids is 1. The SMILES string of the molecule is CC1(C(=O)O)CC2c3ccccc3C1c1cccc(C(N)=O)c12. The Balaban J connectivity index is 2.07. The van der Waals surface area contributed by atoms with Crippen molar-refractivity contribution in [3.05, 3.63) is 70.3 Å². The average Bonchev–Trinajstić information content (AvgIpc) is 2.54. The molecule has 2 bridgehead atoms. The molecule has 3 N–H and O–H groups in total. The van der Waals surface area contributed by atoms with Crippen molar-refractivity contribution in [2.24, 2.45) is 11.1 Å². The van der Waals surface area contributed by atoms with E-state index < -0.39 is 17.3 Å². The minimum atomic E-state index is -0.873. The molecule has 2 aromatic rings. The zero-order valence-electron chi connectivity index (χ0n) is 12.7. The van der Waals surface area contributed by atoms with Crippen LogP contribution in [0.2, 0.25) is 0 Å². The molecule has 1 amide bonds. The molecule has 3 atom stereocenters. The van der Waals surface area contributed by atoms with Crippen molar-refractivity contribution in [1.29, 1.82) is 0 Å². The third kappa shape index (κ3) is 1.66. The lowest BCUT2D eigenvalue weighted by Gasteiger charge is -2.50. The first kappa shape index (κ1) is 14.0. The molecule has 0 radical (unpaired) electrons. The molecular weight excluding hydrogens is 290 g/mol. The number of amides is 1. The van der Waals surface area contributed by atoms with E-state index >= 15 is 0 Å². The molecule has 3 aliphatic carbocycles. The van der Waals surface area contributed by atoms with Gasteiger partial charge in [-0.2, -0.15) is 0 Å². The Morgan fingerprint density at radius 2 is 1.74 bits per heavy atom. The largest absolute Gasteiger partial charge is 0.481 e. The van der Waals surface area contributed by atoms with Gasteiger partial charge in [-0.05, 0) is 41.7 Å². The van der Waals surface area contributed by atoms with E-state index in [1.165, 1.54) is 0 Å². The van der Waals surface area contributed by atoms with Crippen molar-refractivity contribution in [2.75, 3.05) is 0 Å². The molecule has 0 heterocycles. The molecule has 0 fully saturated rings. The Morgan fingerprint density at radius 3 is 2.39 bits per heavy atom. The minimum absolute atomic E-state index is 0.101. The summed E-state index contributed by atoms with van der Waals surface area (Å²) in [5, 5.41) is 9.86. The van der Waals surface area contributed by atoms with Gasteiger partial charge in [0.15, 0.2) is 0 Å². The molecule has 0 saturated heterocycles. The van der Waals surface area contributed by atoms with Crippen molar-refractivity contribution < 1.29 is 14.7 Å². The maximum atomic E-state index is 12.0. The standard InChI is InChI=1S/C19H17NO3/c1-19(18(22)23)9-14-10-5-2-3-6-11(10)16(19)12-7-4-8-13(15(12)14)17(20)21/h2-8,14,16H,9H2,1H3,(H2,20,21)(H,22,23). The second kappa shape index (κ2) is 4.44. The van der Waals surface area contributed by atoms with E-state index in [2.05, 4.69) is 0 Å². The first-order valence-corrected chi connectivity index (χ1v) is 7.70. The van der Waals surface area contributed by atoms with E-state index in [1.54, 1.807) is 12.1 Å². The van der Waals surface area contributed by atoms with Gasteiger partial charge in [0, 0.05) is 17.4 Å². The lowest BCUT2D eigenvalue weighted by molar-refractivity contribution is -0.150. The van der Waals surface area contributed by atoms with Gasteiger partial charge < -0.3 is 10.8 Å². The van der Waals surface area contributed by atoms with Crippen LogP contribution in [0, 0.1) is 5.41 Å². The summed E-state index contributed by atoms with van der Waals surface area (Å²) in [6.45, 7) is 1.81. The van der Waals surface area contributed by atoms with Crippen LogP contribution in [0.4, 0.5) is 0 Å². The predicted octanol–water partition coefficient (Wildman–Crippen LogP) is 2.86. The van der Waals surface area contributed by atoms with Crippen LogP contribution in [0.5, 0.6) is 0 Å².